The lowest BCUT2D eigenvalue weighted by molar-refractivity contribution is 0.980. The molecule has 0 N–H and O–H groups in total. The number of imidazole rings is 1. The van der Waals surface area contributed by atoms with Gasteiger partial charge in [-0.25, -0.2) is 4.98 Å². The Balaban J connectivity index is 2.21. The van der Waals surface area contributed by atoms with E-state index in [2.05, 4.69) is 11.1 Å². The quantitative estimate of drug-likeness (QED) is 0.668. The van der Waals surface area contributed by atoms with E-state index in [1.165, 1.54) is 0 Å². The Morgan fingerprint density at radius 3 is 2.57 bits per heavy atom. The van der Waals surface area contributed by atoms with Crippen LogP contribution in [0.5, 0.6) is 0 Å². The Kier molecular flexibility index (Phi) is 3.83. The molecule has 0 aliphatic heterocycles. The van der Waals surface area contributed by atoms with Crippen molar-refractivity contribution in [3.63, 3.8) is 0 Å². The summed E-state index contributed by atoms with van der Waals surface area (Å²) in [6, 6.07) is 15.5. The molecule has 0 bridgehead atoms. The van der Waals surface area contributed by atoms with Crippen LogP contribution in [0.3, 0.4) is 0 Å². The maximum absolute atomic E-state index is 8.73. The highest BCUT2D eigenvalue weighted by Gasteiger charge is 2.14. The predicted molar refractivity (Wildman–Crippen MR) is 85.0 cm³/mol. The number of fused-ring (bicyclic) bond motifs is 1. The third-order valence-electron chi connectivity index (χ3n) is 3.29. The minimum Gasteiger partial charge on any atom is -0.294 e. The summed E-state index contributed by atoms with van der Waals surface area (Å²) < 4.78 is 1.96. The van der Waals surface area contributed by atoms with Gasteiger partial charge < -0.3 is 0 Å². The van der Waals surface area contributed by atoms with E-state index < -0.39 is 0 Å². The summed E-state index contributed by atoms with van der Waals surface area (Å²) in [5.41, 5.74) is 3.58. The van der Waals surface area contributed by atoms with Gasteiger partial charge >= 0.3 is 0 Å². The first-order valence-electron chi connectivity index (χ1n) is 6.42. The molecule has 3 nitrogen and oxygen atoms in total. The zero-order chi connectivity index (χ0) is 14.8. The minimum atomic E-state index is 0.297. The van der Waals surface area contributed by atoms with Crippen LogP contribution in [0, 0.1) is 11.3 Å². The van der Waals surface area contributed by atoms with Gasteiger partial charge in [0, 0.05) is 5.69 Å². The van der Waals surface area contributed by atoms with E-state index in [9.17, 15) is 0 Å². The SMILES string of the molecule is N#CCc1ccc(-n2c(CCl)nc3cccc(Cl)c32)cc1. The summed E-state index contributed by atoms with van der Waals surface area (Å²) in [6.07, 6.45) is 0.397. The Morgan fingerprint density at radius 1 is 1.14 bits per heavy atom. The number of aromatic nitrogens is 2. The van der Waals surface area contributed by atoms with E-state index in [-0.39, 0.29) is 0 Å². The average molecular weight is 316 g/mol. The molecule has 0 saturated carbocycles. The average Bonchev–Trinajstić information content (AvgIpc) is 2.88. The van der Waals surface area contributed by atoms with Crippen molar-refractivity contribution in [2.45, 2.75) is 12.3 Å². The first-order valence-corrected chi connectivity index (χ1v) is 7.34. The fourth-order valence-electron chi connectivity index (χ4n) is 2.36. The van der Waals surface area contributed by atoms with Crippen molar-refractivity contribution in [3.05, 3.63) is 58.9 Å². The van der Waals surface area contributed by atoms with Crippen LogP contribution in [0.2, 0.25) is 5.02 Å². The van der Waals surface area contributed by atoms with Crippen LogP contribution in [-0.4, -0.2) is 9.55 Å². The van der Waals surface area contributed by atoms with Gasteiger partial charge in [0.05, 0.1) is 34.4 Å². The molecule has 0 radical (unpaired) electrons. The molecule has 5 heteroatoms. The van der Waals surface area contributed by atoms with Gasteiger partial charge in [0.2, 0.25) is 0 Å². The van der Waals surface area contributed by atoms with Crippen molar-refractivity contribution < 1.29 is 0 Å². The van der Waals surface area contributed by atoms with Crippen molar-refractivity contribution in [2.24, 2.45) is 0 Å². The molecule has 104 valence electrons. The van der Waals surface area contributed by atoms with Crippen LogP contribution in [0.15, 0.2) is 42.5 Å². The first kappa shape index (κ1) is 13.9. The lowest BCUT2D eigenvalue weighted by atomic mass is 10.1. The first-order chi connectivity index (χ1) is 10.2. The number of nitriles is 1. The maximum Gasteiger partial charge on any atom is 0.129 e. The molecule has 0 fully saturated rings. The second kappa shape index (κ2) is 5.77. The summed E-state index contributed by atoms with van der Waals surface area (Å²) in [5.74, 6) is 1.04. The highest BCUT2D eigenvalue weighted by molar-refractivity contribution is 6.35. The Bertz CT molecular complexity index is 829. The molecule has 2 aromatic carbocycles. The molecule has 1 aromatic heterocycles. The highest BCUT2D eigenvalue weighted by Crippen LogP contribution is 2.28. The number of halogens is 2. The maximum atomic E-state index is 8.73. The van der Waals surface area contributed by atoms with Crippen LogP contribution in [0.25, 0.3) is 16.7 Å². The molecule has 0 aliphatic rings. The number of para-hydroxylation sites is 1. The van der Waals surface area contributed by atoms with Gasteiger partial charge in [0.1, 0.15) is 5.82 Å². The van der Waals surface area contributed by atoms with Crippen molar-refractivity contribution in [2.75, 3.05) is 0 Å². The molecule has 0 atom stereocenters. The Hall–Kier alpha value is -2.02. The topological polar surface area (TPSA) is 41.6 Å². The molecule has 21 heavy (non-hydrogen) atoms. The van der Waals surface area contributed by atoms with Crippen LogP contribution < -0.4 is 0 Å². The normalized spacial score (nSPS) is 10.7. The van der Waals surface area contributed by atoms with Gasteiger partial charge in [-0.2, -0.15) is 5.26 Å². The third-order valence-corrected chi connectivity index (χ3v) is 3.84. The lowest BCUT2D eigenvalue weighted by Gasteiger charge is -2.09. The fourth-order valence-corrected chi connectivity index (χ4v) is 2.79. The van der Waals surface area contributed by atoms with Gasteiger partial charge in [0.15, 0.2) is 0 Å². The monoisotopic (exact) mass is 315 g/mol. The molecule has 0 spiro atoms. The lowest BCUT2D eigenvalue weighted by Crippen LogP contribution is -1.99. The zero-order valence-electron chi connectivity index (χ0n) is 11.1. The second-order valence-corrected chi connectivity index (χ2v) is 5.28. The Morgan fingerprint density at radius 2 is 1.90 bits per heavy atom. The molecule has 0 unspecified atom stereocenters. The van der Waals surface area contributed by atoms with E-state index >= 15 is 0 Å². The van der Waals surface area contributed by atoms with Crippen molar-refractivity contribution in [1.82, 2.24) is 9.55 Å². The third kappa shape index (κ3) is 2.49. The molecule has 1 heterocycles. The minimum absolute atomic E-state index is 0.297. The smallest absolute Gasteiger partial charge is 0.129 e. The number of alkyl halides is 1. The molecule has 3 aromatic rings. The zero-order valence-corrected chi connectivity index (χ0v) is 12.6. The molecule has 3 rings (SSSR count). The predicted octanol–water partition coefficient (Wildman–Crippen LogP) is 4.48. The molecular weight excluding hydrogens is 305 g/mol. The largest absolute Gasteiger partial charge is 0.294 e. The van der Waals surface area contributed by atoms with E-state index in [1.807, 2.05) is 47.0 Å². The number of hydrogen-bond donors (Lipinski definition) is 0. The van der Waals surface area contributed by atoms with Gasteiger partial charge in [-0.15, -0.1) is 11.6 Å². The van der Waals surface area contributed by atoms with E-state index in [1.54, 1.807) is 0 Å². The van der Waals surface area contributed by atoms with E-state index in [4.69, 9.17) is 28.5 Å². The standard InChI is InChI=1S/C16H11Cl2N3/c17-10-15-20-14-3-1-2-13(18)16(14)21(15)12-6-4-11(5-7-12)8-9-19/h1-7H,8,10H2. The van der Waals surface area contributed by atoms with Crippen LogP contribution >= 0.6 is 23.2 Å². The van der Waals surface area contributed by atoms with Gasteiger partial charge in [0.25, 0.3) is 0 Å². The highest BCUT2D eigenvalue weighted by atomic mass is 35.5. The number of benzene rings is 2. The van der Waals surface area contributed by atoms with Crippen LogP contribution in [0.4, 0.5) is 0 Å². The number of rotatable bonds is 3. The molecular formula is C16H11Cl2N3. The second-order valence-electron chi connectivity index (χ2n) is 4.61. The van der Waals surface area contributed by atoms with Crippen LogP contribution in [-0.2, 0) is 12.3 Å². The summed E-state index contributed by atoms with van der Waals surface area (Å²) in [6.45, 7) is 0. The van der Waals surface area contributed by atoms with Gasteiger partial charge in [-0.05, 0) is 29.8 Å². The number of nitrogens with zero attached hydrogens (tertiary/aromatic N) is 3. The van der Waals surface area contributed by atoms with Gasteiger partial charge in [-0.1, -0.05) is 29.8 Å². The van der Waals surface area contributed by atoms with E-state index in [0.717, 1.165) is 28.1 Å². The molecule has 0 amide bonds. The van der Waals surface area contributed by atoms with Gasteiger partial charge in [-0.3, -0.25) is 4.57 Å². The van der Waals surface area contributed by atoms with E-state index in [0.29, 0.717) is 17.3 Å². The van der Waals surface area contributed by atoms with Crippen LogP contribution in [0.1, 0.15) is 11.4 Å². The summed E-state index contributed by atoms with van der Waals surface area (Å²) in [5, 5.41) is 9.37. The van der Waals surface area contributed by atoms with Crippen molar-refractivity contribution in [3.8, 4) is 11.8 Å². The summed E-state index contributed by atoms with van der Waals surface area (Å²) in [4.78, 5) is 4.52. The summed E-state index contributed by atoms with van der Waals surface area (Å²) in [7, 11) is 0. The van der Waals surface area contributed by atoms with Crippen molar-refractivity contribution in [1.29, 1.82) is 5.26 Å². The summed E-state index contributed by atoms with van der Waals surface area (Å²) >= 11 is 12.3. The van der Waals surface area contributed by atoms with Crippen molar-refractivity contribution >= 4 is 34.2 Å². The fraction of sp³-hybridized carbons (Fsp3) is 0.125. The molecule has 0 aliphatic carbocycles. The number of hydrogen-bond acceptors (Lipinski definition) is 2. The Labute approximate surface area is 132 Å². The molecule has 0 saturated heterocycles.